The van der Waals surface area contributed by atoms with Crippen molar-refractivity contribution in [3.8, 4) is 0 Å². The van der Waals surface area contributed by atoms with Crippen molar-refractivity contribution in [2.45, 2.75) is 31.6 Å². The van der Waals surface area contributed by atoms with Gasteiger partial charge in [-0.15, -0.1) is 0 Å². The van der Waals surface area contributed by atoms with Gasteiger partial charge in [-0.05, 0) is 60.7 Å². The van der Waals surface area contributed by atoms with E-state index in [2.05, 4.69) is 80.1 Å². The fourth-order valence-electron chi connectivity index (χ4n) is 2.49. The lowest BCUT2D eigenvalue weighted by molar-refractivity contribution is 0.960. The summed E-state index contributed by atoms with van der Waals surface area (Å²) in [5, 5.41) is 8.77. The molecule has 1 aromatic heterocycles. The Balaban J connectivity index is 1.71. The van der Waals surface area contributed by atoms with Gasteiger partial charge in [0.25, 0.3) is 0 Å². The van der Waals surface area contributed by atoms with Crippen LogP contribution in [0.2, 0.25) is 0 Å². The van der Waals surface area contributed by atoms with E-state index in [-0.39, 0.29) is 0 Å². The monoisotopic (exact) mass is 454 g/mol. The van der Waals surface area contributed by atoms with E-state index in [1.165, 1.54) is 16.9 Å². The van der Waals surface area contributed by atoms with E-state index in [9.17, 15) is 0 Å². The number of thioether (sulfide) groups is 1. The molecule has 3 aromatic rings. The predicted octanol–water partition coefficient (Wildman–Crippen LogP) is 7.44. The number of hydrogen-bond donors (Lipinski definition) is 2. The maximum absolute atomic E-state index is 4.56. The Hall–Kier alpha value is -2.31. The highest BCUT2D eigenvalue weighted by Gasteiger charge is 2.04. The average molecular weight is 455 g/mol. The zero-order chi connectivity index (χ0) is 19.8. The summed E-state index contributed by atoms with van der Waals surface area (Å²) >= 11 is 5.22. The highest BCUT2D eigenvalue weighted by Crippen LogP contribution is 2.28. The van der Waals surface area contributed by atoms with Crippen molar-refractivity contribution in [3.05, 3.63) is 76.2 Å². The molecule has 6 heteroatoms. The van der Waals surface area contributed by atoms with Crippen LogP contribution in [0, 0.1) is 6.92 Å². The number of aromatic nitrogens is 2. The molecule has 0 spiro atoms. The third kappa shape index (κ3) is 6.11. The molecule has 0 fully saturated rings. The van der Waals surface area contributed by atoms with Crippen LogP contribution in [-0.4, -0.2) is 9.97 Å². The quantitative estimate of drug-likeness (QED) is 0.346. The average Bonchev–Trinajstić information content (AvgIpc) is 2.68. The molecule has 0 atom stereocenters. The number of nitrogens with one attached hydrogen (secondary N) is 2. The van der Waals surface area contributed by atoms with E-state index in [1.54, 1.807) is 18.0 Å². The fraction of sp³-hybridized carbons (Fsp3) is 0.182. The lowest BCUT2D eigenvalue weighted by Gasteiger charge is -2.11. The topological polar surface area (TPSA) is 49.8 Å². The molecule has 3 rings (SSSR count). The van der Waals surface area contributed by atoms with Crippen molar-refractivity contribution >= 4 is 50.8 Å². The second-order valence-corrected chi connectivity index (χ2v) is 8.15. The van der Waals surface area contributed by atoms with Gasteiger partial charge in [0, 0.05) is 26.9 Å². The van der Waals surface area contributed by atoms with Crippen LogP contribution in [0.25, 0.3) is 0 Å². The molecule has 144 valence electrons. The van der Waals surface area contributed by atoms with Crippen molar-refractivity contribution in [2.24, 2.45) is 0 Å². The van der Waals surface area contributed by atoms with Gasteiger partial charge in [-0.3, -0.25) is 0 Å². The summed E-state index contributed by atoms with van der Waals surface area (Å²) in [7, 11) is 0. The van der Waals surface area contributed by atoms with Crippen LogP contribution in [0.1, 0.15) is 25.3 Å². The number of allylic oxidation sites excluding steroid dienone is 1. The first-order valence-corrected chi connectivity index (χ1v) is 10.9. The van der Waals surface area contributed by atoms with Crippen LogP contribution in [0.4, 0.5) is 23.1 Å². The number of halogens is 1. The molecular weight excluding hydrogens is 432 g/mol. The molecule has 28 heavy (non-hydrogen) atoms. The molecule has 0 aliphatic rings. The minimum Gasteiger partial charge on any atom is -0.340 e. The molecule has 2 aromatic carbocycles. The van der Waals surface area contributed by atoms with E-state index in [4.69, 9.17) is 0 Å². The Morgan fingerprint density at radius 2 is 1.93 bits per heavy atom. The smallest absolute Gasteiger partial charge is 0.229 e. The lowest BCUT2D eigenvalue weighted by Crippen LogP contribution is -2.00. The second kappa shape index (κ2) is 10.3. The second-order valence-electron chi connectivity index (χ2n) is 6.28. The molecule has 0 saturated carbocycles. The van der Waals surface area contributed by atoms with Crippen LogP contribution < -0.4 is 10.6 Å². The van der Waals surface area contributed by atoms with Crippen molar-refractivity contribution < 1.29 is 0 Å². The van der Waals surface area contributed by atoms with Gasteiger partial charge in [0.1, 0.15) is 5.82 Å². The molecule has 2 N–H and O–H groups in total. The van der Waals surface area contributed by atoms with Crippen LogP contribution in [0.3, 0.4) is 0 Å². The van der Waals surface area contributed by atoms with Gasteiger partial charge in [0.15, 0.2) is 0 Å². The summed E-state index contributed by atoms with van der Waals surface area (Å²) in [4.78, 5) is 10.1. The summed E-state index contributed by atoms with van der Waals surface area (Å²) in [6, 6.07) is 16.1. The van der Waals surface area contributed by atoms with E-state index < -0.39 is 0 Å². The van der Waals surface area contributed by atoms with Crippen molar-refractivity contribution in [2.75, 3.05) is 10.6 Å². The van der Waals surface area contributed by atoms with Gasteiger partial charge in [-0.2, -0.15) is 4.98 Å². The Kier molecular flexibility index (Phi) is 7.51. The summed E-state index contributed by atoms with van der Waals surface area (Å²) in [5.74, 6) is 1.29. The van der Waals surface area contributed by atoms with E-state index in [0.717, 1.165) is 28.1 Å². The minimum atomic E-state index is 0.548. The number of unbranched alkanes of at least 4 members (excludes halogenated alkanes) is 1. The van der Waals surface area contributed by atoms with Crippen LogP contribution in [0.5, 0.6) is 0 Å². The fourth-order valence-corrected chi connectivity index (χ4v) is 3.72. The van der Waals surface area contributed by atoms with Gasteiger partial charge in [0.2, 0.25) is 5.95 Å². The molecular formula is C22H23BrN4S. The van der Waals surface area contributed by atoms with Gasteiger partial charge in [-0.25, -0.2) is 4.98 Å². The minimum absolute atomic E-state index is 0.548. The Morgan fingerprint density at radius 1 is 1.07 bits per heavy atom. The maximum atomic E-state index is 4.56. The molecule has 0 radical (unpaired) electrons. The largest absolute Gasteiger partial charge is 0.340 e. The van der Waals surface area contributed by atoms with Crippen molar-refractivity contribution in [3.63, 3.8) is 0 Å². The number of hydrogen-bond acceptors (Lipinski definition) is 5. The van der Waals surface area contributed by atoms with Crippen LogP contribution in [-0.2, 0) is 0 Å². The molecule has 0 unspecified atom stereocenters. The summed E-state index contributed by atoms with van der Waals surface area (Å²) in [6.07, 6.45) is 6.24. The molecule has 0 amide bonds. The number of anilines is 4. The highest BCUT2D eigenvalue weighted by molar-refractivity contribution is 9.10. The molecule has 4 nitrogen and oxygen atoms in total. The van der Waals surface area contributed by atoms with Gasteiger partial charge >= 0.3 is 0 Å². The number of nitrogens with zero attached hydrogens (tertiary/aromatic N) is 2. The van der Waals surface area contributed by atoms with E-state index >= 15 is 0 Å². The third-order valence-electron chi connectivity index (χ3n) is 3.94. The normalized spacial score (nSPS) is 11.0. The first-order chi connectivity index (χ1) is 13.6. The number of aryl methyl sites for hydroxylation is 1. The Morgan fingerprint density at radius 3 is 2.75 bits per heavy atom. The molecule has 0 saturated heterocycles. The van der Waals surface area contributed by atoms with Gasteiger partial charge in [0.05, 0.1) is 0 Å². The first kappa shape index (κ1) is 20.4. The zero-order valence-corrected chi connectivity index (χ0v) is 18.3. The Labute approximate surface area is 179 Å². The van der Waals surface area contributed by atoms with Crippen molar-refractivity contribution in [1.82, 2.24) is 9.97 Å². The maximum Gasteiger partial charge on any atom is 0.229 e. The van der Waals surface area contributed by atoms with Gasteiger partial charge in [-0.1, -0.05) is 59.2 Å². The van der Waals surface area contributed by atoms with E-state index in [1.807, 2.05) is 30.3 Å². The van der Waals surface area contributed by atoms with Crippen LogP contribution in [0.15, 0.2) is 75.6 Å². The highest BCUT2D eigenvalue weighted by atomic mass is 79.9. The standard InChI is InChI=1S/C22H23BrN4S/c1-3-4-5-13-28-20-15-19(10-9-16(20)2)25-21-11-12-24-22(27-21)26-18-8-6-7-17(23)14-18/h5-15H,3-4H2,1-2H3,(H2,24,25,26,27). The summed E-state index contributed by atoms with van der Waals surface area (Å²) in [6.45, 7) is 4.32. The first-order valence-electron chi connectivity index (χ1n) is 9.19. The van der Waals surface area contributed by atoms with Crippen molar-refractivity contribution in [1.29, 1.82) is 0 Å². The summed E-state index contributed by atoms with van der Waals surface area (Å²) in [5.41, 5.74) is 3.19. The Bertz CT molecular complexity index is 959. The van der Waals surface area contributed by atoms with E-state index in [0.29, 0.717) is 5.95 Å². The third-order valence-corrected chi connectivity index (χ3v) is 5.46. The molecule has 0 aliphatic heterocycles. The lowest BCUT2D eigenvalue weighted by atomic mass is 10.2. The number of benzene rings is 2. The molecule has 0 bridgehead atoms. The summed E-state index contributed by atoms with van der Waals surface area (Å²) < 4.78 is 1.00. The SMILES string of the molecule is CCCC=CSc1cc(Nc2ccnc(Nc3cccc(Br)c3)n2)ccc1C. The zero-order valence-electron chi connectivity index (χ0n) is 15.9. The molecule has 0 aliphatic carbocycles. The predicted molar refractivity (Wildman–Crippen MR) is 124 cm³/mol. The van der Waals surface area contributed by atoms with Crippen LogP contribution >= 0.6 is 27.7 Å². The van der Waals surface area contributed by atoms with Gasteiger partial charge < -0.3 is 10.6 Å². The molecule has 1 heterocycles. The number of rotatable bonds is 8.